The van der Waals surface area contributed by atoms with Crippen LogP contribution in [0.2, 0.25) is 0 Å². The molecule has 0 radical (unpaired) electrons. The summed E-state index contributed by atoms with van der Waals surface area (Å²) in [6, 6.07) is 9.84. The van der Waals surface area contributed by atoms with E-state index < -0.39 is 0 Å². The quantitative estimate of drug-likeness (QED) is 0.668. The molecule has 0 saturated carbocycles. The number of hydrogen-bond acceptors (Lipinski definition) is 4. The fourth-order valence-corrected chi connectivity index (χ4v) is 2.68. The summed E-state index contributed by atoms with van der Waals surface area (Å²) in [6.07, 6.45) is 3.04. The third-order valence-electron chi connectivity index (χ3n) is 3.98. The highest BCUT2D eigenvalue weighted by Gasteiger charge is 2.19. The first kappa shape index (κ1) is 15.6. The molecule has 6 heteroatoms. The molecule has 0 atom stereocenters. The van der Waals surface area contributed by atoms with Gasteiger partial charge in [0.2, 0.25) is 5.89 Å². The van der Waals surface area contributed by atoms with E-state index in [1.165, 1.54) is 0 Å². The Morgan fingerprint density at radius 3 is 2.78 bits per heavy atom. The fourth-order valence-electron chi connectivity index (χ4n) is 2.68. The number of aliphatic imine (C=N–C) groups is 1. The molecule has 1 saturated heterocycles. The second-order valence-electron chi connectivity index (χ2n) is 5.63. The molecule has 6 nitrogen and oxygen atoms in total. The Kier molecular flexibility index (Phi) is 4.92. The van der Waals surface area contributed by atoms with E-state index >= 15 is 0 Å². The van der Waals surface area contributed by atoms with Crippen LogP contribution < -0.4 is 5.32 Å². The molecule has 0 spiro atoms. The number of rotatable bonds is 3. The molecule has 0 unspecified atom stereocenters. The highest BCUT2D eigenvalue weighted by molar-refractivity contribution is 5.79. The van der Waals surface area contributed by atoms with Crippen molar-refractivity contribution in [3.63, 3.8) is 0 Å². The normalized spacial score (nSPS) is 16.6. The van der Waals surface area contributed by atoms with E-state index in [4.69, 9.17) is 4.42 Å². The third kappa shape index (κ3) is 3.90. The van der Waals surface area contributed by atoms with E-state index in [0.717, 1.165) is 43.1 Å². The molecule has 0 amide bonds. The predicted octanol–water partition coefficient (Wildman–Crippen LogP) is 1.87. The minimum Gasteiger partial charge on any atom is -0.444 e. The molecule has 0 bridgehead atoms. The van der Waals surface area contributed by atoms with Crippen LogP contribution in [0.1, 0.15) is 18.5 Å². The van der Waals surface area contributed by atoms with Crippen LogP contribution in [0.4, 0.5) is 0 Å². The van der Waals surface area contributed by atoms with Gasteiger partial charge in [0.1, 0.15) is 6.26 Å². The molecule has 2 heterocycles. The summed E-state index contributed by atoms with van der Waals surface area (Å²) in [4.78, 5) is 11.0. The number of aromatic nitrogens is 1. The average Bonchev–Trinajstić information content (AvgIpc) is 3.07. The molecule has 1 aromatic heterocycles. The van der Waals surface area contributed by atoms with Crippen molar-refractivity contribution in [3.8, 4) is 11.5 Å². The lowest BCUT2D eigenvalue weighted by molar-refractivity contribution is 0.108. The average molecular weight is 314 g/mol. The Labute approximate surface area is 135 Å². The van der Waals surface area contributed by atoms with Crippen LogP contribution in [-0.2, 0) is 6.54 Å². The van der Waals surface area contributed by atoms with Crippen molar-refractivity contribution in [1.29, 1.82) is 0 Å². The van der Waals surface area contributed by atoms with Gasteiger partial charge >= 0.3 is 0 Å². The lowest BCUT2D eigenvalue weighted by atomic mass is 10.1. The van der Waals surface area contributed by atoms with E-state index in [2.05, 4.69) is 20.2 Å². The minimum atomic E-state index is -0.187. The van der Waals surface area contributed by atoms with Crippen LogP contribution in [0, 0.1) is 0 Å². The van der Waals surface area contributed by atoms with Gasteiger partial charge in [0.05, 0.1) is 18.3 Å². The van der Waals surface area contributed by atoms with Crippen molar-refractivity contribution in [2.75, 3.05) is 20.1 Å². The summed E-state index contributed by atoms with van der Waals surface area (Å²) in [7, 11) is 1.77. The van der Waals surface area contributed by atoms with Gasteiger partial charge in [-0.25, -0.2) is 4.98 Å². The standard InChI is InChI=1S/C17H22N4O2/c1-18-17(21-9-7-15(22)8-10-21)19-11-14-12-23-16(20-14)13-5-3-2-4-6-13/h2-6,12,15,22H,7-11H2,1H3,(H,18,19). The number of piperidine rings is 1. The van der Waals surface area contributed by atoms with Gasteiger partial charge in [0.25, 0.3) is 0 Å². The first-order valence-electron chi connectivity index (χ1n) is 7.90. The summed E-state index contributed by atoms with van der Waals surface area (Å²) in [5.41, 5.74) is 1.80. The van der Waals surface area contributed by atoms with E-state index in [9.17, 15) is 5.11 Å². The summed E-state index contributed by atoms with van der Waals surface area (Å²) < 4.78 is 5.54. The lowest BCUT2D eigenvalue weighted by Crippen LogP contribution is -2.46. The number of hydrogen-bond donors (Lipinski definition) is 2. The van der Waals surface area contributed by atoms with Crippen molar-refractivity contribution in [2.45, 2.75) is 25.5 Å². The number of guanidine groups is 1. The predicted molar refractivity (Wildman–Crippen MR) is 89.0 cm³/mol. The summed E-state index contributed by atoms with van der Waals surface area (Å²) in [5, 5.41) is 12.9. The largest absolute Gasteiger partial charge is 0.444 e. The van der Waals surface area contributed by atoms with Crippen molar-refractivity contribution >= 4 is 5.96 Å². The first-order chi connectivity index (χ1) is 11.3. The monoisotopic (exact) mass is 314 g/mol. The van der Waals surface area contributed by atoms with Gasteiger partial charge in [-0.2, -0.15) is 0 Å². The van der Waals surface area contributed by atoms with Gasteiger partial charge in [-0.1, -0.05) is 18.2 Å². The van der Waals surface area contributed by atoms with Gasteiger partial charge < -0.3 is 19.7 Å². The van der Waals surface area contributed by atoms with Crippen molar-refractivity contribution in [1.82, 2.24) is 15.2 Å². The maximum atomic E-state index is 9.59. The van der Waals surface area contributed by atoms with E-state index in [-0.39, 0.29) is 6.10 Å². The SMILES string of the molecule is CN=C(NCc1coc(-c2ccccc2)n1)N1CCC(O)CC1. The summed E-state index contributed by atoms with van der Waals surface area (Å²) in [5.74, 6) is 1.46. The van der Waals surface area contributed by atoms with E-state index in [1.54, 1.807) is 13.3 Å². The summed E-state index contributed by atoms with van der Waals surface area (Å²) >= 11 is 0. The first-order valence-corrected chi connectivity index (χ1v) is 7.90. The Morgan fingerprint density at radius 2 is 2.09 bits per heavy atom. The third-order valence-corrected chi connectivity index (χ3v) is 3.98. The smallest absolute Gasteiger partial charge is 0.226 e. The van der Waals surface area contributed by atoms with Crippen LogP contribution >= 0.6 is 0 Å². The molecule has 2 aromatic rings. The topological polar surface area (TPSA) is 73.9 Å². The zero-order valence-corrected chi connectivity index (χ0v) is 13.3. The molecule has 0 aliphatic carbocycles. The highest BCUT2D eigenvalue weighted by atomic mass is 16.3. The van der Waals surface area contributed by atoms with Crippen molar-refractivity contribution in [2.24, 2.45) is 4.99 Å². The minimum absolute atomic E-state index is 0.187. The van der Waals surface area contributed by atoms with Crippen LogP contribution in [0.5, 0.6) is 0 Å². The number of nitrogens with zero attached hydrogens (tertiary/aromatic N) is 3. The number of benzene rings is 1. The zero-order valence-electron chi connectivity index (χ0n) is 13.3. The molecular formula is C17H22N4O2. The van der Waals surface area contributed by atoms with Crippen molar-refractivity contribution < 1.29 is 9.52 Å². The van der Waals surface area contributed by atoms with Crippen LogP contribution in [0.25, 0.3) is 11.5 Å². The Hall–Kier alpha value is -2.34. The zero-order chi connectivity index (χ0) is 16.1. The fraction of sp³-hybridized carbons (Fsp3) is 0.412. The summed E-state index contributed by atoms with van der Waals surface area (Å²) in [6.45, 7) is 2.19. The molecule has 2 N–H and O–H groups in total. The van der Waals surface area contributed by atoms with Gasteiger partial charge in [0, 0.05) is 25.7 Å². The van der Waals surface area contributed by atoms with Crippen LogP contribution in [0.15, 0.2) is 46.0 Å². The van der Waals surface area contributed by atoms with Gasteiger partial charge in [-0.05, 0) is 25.0 Å². The molecule has 1 aromatic carbocycles. The molecule has 1 aliphatic rings. The van der Waals surface area contributed by atoms with Gasteiger partial charge in [0.15, 0.2) is 5.96 Å². The lowest BCUT2D eigenvalue weighted by Gasteiger charge is -2.32. The second-order valence-corrected chi connectivity index (χ2v) is 5.63. The number of aliphatic hydroxyl groups excluding tert-OH is 1. The highest BCUT2D eigenvalue weighted by Crippen LogP contribution is 2.18. The molecule has 23 heavy (non-hydrogen) atoms. The number of oxazole rings is 1. The second kappa shape index (κ2) is 7.28. The van der Waals surface area contributed by atoms with E-state index in [0.29, 0.717) is 12.4 Å². The molecule has 1 aliphatic heterocycles. The Morgan fingerprint density at radius 1 is 1.35 bits per heavy atom. The maximum absolute atomic E-state index is 9.59. The van der Waals surface area contributed by atoms with Gasteiger partial charge in [-0.3, -0.25) is 4.99 Å². The number of nitrogens with one attached hydrogen (secondary N) is 1. The van der Waals surface area contributed by atoms with Gasteiger partial charge in [-0.15, -0.1) is 0 Å². The Balaban J connectivity index is 1.58. The molecule has 1 fully saturated rings. The Bertz CT molecular complexity index is 646. The van der Waals surface area contributed by atoms with Crippen LogP contribution in [-0.4, -0.2) is 47.2 Å². The van der Waals surface area contributed by atoms with E-state index in [1.807, 2.05) is 30.3 Å². The number of aliphatic hydroxyl groups is 1. The molecular weight excluding hydrogens is 292 g/mol. The number of likely N-dealkylation sites (tertiary alicyclic amines) is 1. The molecule has 3 rings (SSSR count). The molecule has 122 valence electrons. The maximum Gasteiger partial charge on any atom is 0.226 e. The van der Waals surface area contributed by atoms with Crippen molar-refractivity contribution in [3.05, 3.63) is 42.3 Å². The van der Waals surface area contributed by atoms with Crippen LogP contribution in [0.3, 0.4) is 0 Å².